The standard InChI is InChI=1S/C12H12O5S.Na/c1-16-11-6-8-3-4-10(18(13,14)15)5-9(8)7-12(11)17-2;/h3-7H,1-2H3,(H,13,14,15);. The van der Waals surface area contributed by atoms with Gasteiger partial charge in [-0.3, -0.25) is 4.55 Å². The van der Waals surface area contributed by atoms with Crippen LogP contribution in [0.4, 0.5) is 0 Å². The molecule has 0 amide bonds. The summed E-state index contributed by atoms with van der Waals surface area (Å²) in [5.41, 5.74) is 0. The molecule has 7 heteroatoms. The molecule has 0 aliphatic rings. The van der Waals surface area contributed by atoms with Crippen molar-refractivity contribution in [1.82, 2.24) is 0 Å². The van der Waals surface area contributed by atoms with Gasteiger partial charge in [-0.25, -0.2) is 0 Å². The minimum atomic E-state index is -4.20. The Morgan fingerprint density at radius 2 is 1.47 bits per heavy atom. The fraction of sp³-hybridized carbons (Fsp3) is 0.167. The summed E-state index contributed by atoms with van der Waals surface area (Å²) in [5, 5.41) is 1.43. The van der Waals surface area contributed by atoms with E-state index in [0.717, 1.165) is 5.39 Å². The number of hydrogen-bond acceptors (Lipinski definition) is 4. The molecule has 0 saturated heterocycles. The molecule has 0 aliphatic heterocycles. The van der Waals surface area contributed by atoms with Gasteiger partial charge in [0.25, 0.3) is 10.1 Å². The third-order valence-corrected chi connectivity index (χ3v) is 3.46. The summed E-state index contributed by atoms with van der Waals surface area (Å²) in [5.74, 6) is 1.06. The molecule has 1 radical (unpaired) electrons. The van der Waals surface area contributed by atoms with Gasteiger partial charge in [0.2, 0.25) is 0 Å². The number of benzene rings is 2. The molecule has 1 N–H and O–H groups in total. The van der Waals surface area contributed by atoms with Gasteiger partial charge in [0.05, 0.1) is 19.1 Å². The largest absolute Gasteiger partial charge is 0.493 e. The third-order valence-electron chi connectivity index (χ3n) is 2.61. The Morgan fingerprint density at radius 3 is 1.95 bits per heavy atom. The summed E-state index contributed by atoms with van der Waals surface area (Å²) in [7, 11) is -1.18. The van der Waals surface area contributed by atoms with Gasteiger partial charge < -0.3 is 9.47 Å². The Morgan fingerprint density at radius 1 is 0.947 bits per heavy atom. The second kappa shape index (κ2) is 6.11. The van der Waals surface area contributed by atoms with Crippen molar-refractivity contribution in [3.63, 3.8) is 0 Å². The van der Waals surface area contributed by atoms with Crippen LogP contribution >= 0.6 is 0 Å². The molecule has 2 aromatic carbocycles. The van der Waals surface area contributed by atoms with Gasteiger partial charge in [0.1, 0.15) is 0 Å². The average molecular weight is 291 g/mol. The molecule has 0 unspecified atom stereocenters. The number of fused-ring (bicyclic) bond motifs is 1. The van der Waals surface area contributed by atoms with E-state index in [-0.39, 0.29) is 34.5 Å². The first-order valence-corrected chi connectivity index (χ1v) is 6.53. The topological polar surface area (TPSA) is 72.8 Å². The van der Waals surface area contributed by atoms with Crippen LogP contribution in [0.1, 0.15) is 0 Å². The van der Waals surface area contributed by atoms with Crippen molar-refractivity contribution >= 4 is 50.4 Å². The molecule has 2 aromatic rings. The van der Waals surface area contributed by atoms with Crippen molar-refractivity contribution in [3.8, 4) is 11.5 Å². The van der Waals surface area contributed by atoms with Crippen LogP contribution in [0.2, 0.25) is 0 Å². The Hall–Kier alpha value is -0.790. The quantitative estimate of drug-likeness (QED) is 0.688. The second-order valence-corrected chi connectivity index (χ2v) is 5.11. The SMILES string of the molecule is COc1cc2ccc(S(=O)(=O)O)cc2cc1OC.[Na]. The summed E-state index contributed by atoms with van der Waals surface area (Å²) in [4.78, 5) is -0.151. The average Bonchev–Trinajstić information content (AvgIpc) is 2.35. The third kappa shape index (κ3) is 3.40. The van der Waals surface area contributed by atoms with Crippen molar-refractivity contribution < 1.29 is 22.4 Å². The van der Waals surface area contributed by atoms with Crippen LogP contribution in [-0.4, -0.2) is 56.7 Å². The fourth-order valence-corrected chi connectivity index (χ4v) is 2.23. The van der Waals surface area contributed by atoms with E-state index in [1.807, 2.05) is 0 Å². The second-order valence-electron chi connectivity index (χ2n) is 3.69. The van der Waals surface area contributed by atoms with Gasteiger partial charge in [-0.15, -0.1) is 0 Å². The normalized spacial score (nSPS) is 10.9. The van der Waals surface area contributed by atoms with Crippen molar-refractivity contribution in [3.05, 3.63) is 30.3 Å². The zero-order valence-corrected chi connectivity index (χ0v) is 13.7. The maximum atomic E-state index is 11.1. The van der Waals surface area contributed by atoms with Crippen LogP contribution in [0, 0.1) is 0 Å². The molecule has 0 saturated carbocycles. The van der Waals surface area contributed by atoms with Crippen molar-refractivity contribution in [1.29, 1.82) is 0 Å². The molecule has 0 fully saturated rings. The Labute approximate surface area is 133 Å². The van der Waals surface area contributed by atoms with E-state index < -0.39 is 10.1 Å². The monoisotopic (exact) mass is 291 g/mol. The fourth-order valence-electron chi connectivity index (χ4n) is 1.71. The van der Waals surface area contributed by atoms with Gasteiger partial charge in [-0.05, 0) is 35.0 Å². The van der Waals surface area contributed by atoms with E-state index in [1.165, 1.54) is 26.4 Å². The molecule has 19 heavy (non-hydrogen) atoms. The zero-order chi connectivity index (χ0) is 13.3. The van der Waals surface area contributed by atoms with Gasteiger partial charge >= 0.3 is 0 Å². The Balaban J connectivity index is 0.00000180. The summed E-state index contributed by atoms with van der Waals surface area (Å²) < 4.78 is 41.4. The molecule has 97 valence electrons. The van der Waals surface area contributed by atoms with Crippen molar-refractivity contribution in [2.45, 2.75) is 4.90 Å². The van der Waals surface area contributed by atoms with Gasteiger partial charge in [-0.1, -0.05) is 6.07 Å². The van der Waals surface area contributed by atoms with Crippen LogP contribution in [0.5, 0.6) is 11.5 Å². The van der Waals surface area contributed by atoms with Crippen LogP contribution in [0.3, 0.4) is 0 Å². The molecular formula is C12H12NaO5S. The zero-order valence-electron chi connectivity index (χ0n) is 10.9. The molecule has 0 atom stereocenters. The first-order chi connectivity index (χ1) is 8.45. The van der Waals surface area contributed by atoms with E-state index in [1.54, 1.807) is 18.2 Å². The molecule has 0 aliphatic carbocycles. The Bertz CT molecular complexity index is 697. The summed E-state index contributed by atoms with van der Waals surface area (Å²) >= 11 is 0. The molecule has 2 rings (SSSR count). The van der Waals surface area contributed by atoms with E-state index in [9.17, 15) is 8.42 Å². The van der Waals surface area contributed by atoms with Gasteiger partial charge in [0, 0.05) is 29.6 Å². The van der Waals surface area contributed by atoms with Crippen LogP contribution in [0.25, 0.3) is 10.8 Å². The minimum Gasteiger partial charge on any atom is -0.493 e. The van der Waals surface area contributed by atoms with Crippen LogP contribution in [0.15, 0.2) is 35.2 Å². The summed E-state index contributed by atoms with van der Waals surface area (Å²) in [6.07, 6.45) is 0. The van der Waals surface area contributed by atoms with E-state index in [0.29, 0.717) is 16.9 Å². The van der Waals surface area contributed by atoms with Gasteiger partial charge in [-0.2, -0.15) is 8.42 Å². The van der Waals surface area contributed by atoms with Gasteiger partial charge in [0.15, 0.2) is 11.5 Å². The van der Waals surface area contributed by atoms with Crippen molar-refractivity contribution in [2.24, 2.45) is 0 Å². The first-order valence-electron chi connectivity index (χ1n) is 5.09. The predicted octanol–water partition coefficient (Wildman–Crippen LogP) is 1.72. The van der Waals surface area contributed by atoms with Crippen LogP contribution < -0.4 is 9.47 Å². The maximum absolute atomic E-state index is 11.1. The van der Waals surface area contributed by atoms with Crippen LogP contribution in [-0.2, 0) is 10.1 Å². The molecular weight excluding hydrogens is 279 g/mol. The molecule has 5 nitrogen and oxygen atoms in total. The Kier molecular flexibility index (Phi) is 5.23. The smallest absolute Gasteiger partial charge is 0.294 e. The predicted molar refractivity (Wildman–Crippen MR) is 72.6 cm³/mol. The number of hydrogen-bond donors (Lipinski definition) is 1. The molecule has 0 heterocycles. The van der Waals surface area contributed by atoms with E-state index in [4.69, 9.17) is 14.0 Å². The minimum absolute atomic E-state index is 0. The molecule has 0 aromatic heterocycles. The number of methoxy groups -OCH3 is 2. The number of rotatable bonds is 3. The molecule has 0 bridgehead atoms. The summed E-state index contributed by atoms with van der Waals surface area (Å²) in [6, 6.07) is 7.71. The first kappa shape index (κ1) is 16.3. The summed E-state index contributed by atoms with van der Waals surface area (Å²) in [6.45, 7) is 0. The van der Waals surface area contributed by atoms with Crippen molar-refractivity contribution in [2.75, 3.05) is 14.2 Å². The maximum Gasteiger partial charge on any atom is 0.294 e. The van der Waals surface area contributed by atoms with E-state index in [2.05, 4.69) is 0 Å². The number of ether oxygens (including phenoxy) is 2. The van der Waals surface area contributed by atoms with E-state index >= 15 is 0 Å². The molecule has 0 spiro atoms.